The van der Waals surface area contributed by atoms with E-state index in [2.05, 4.69) is 11.4 Å². The van der Waals surface area contributed by atoms with Crippen LogP contribution in [0.25, 0.3) is 0 Å². The molecule has 1 atom stereocenters. The summed E-state index contributed by atoms with van der Waals surface area (Å²) in [7, 11) is 0. The molecule has 0 aliphatic carbocycles. The third kappa shape index (κ3) is 4.01. The third-order valence-corrected chi connectivity index (χ3v) is 5.86. The number of hydrogen-bond donors (Lipinski definition) is 1. The lowest BCUT2D eigenvalue weighted by Gasteiger charge is -2.26. The first-order valence-electron chi connectivity index (χ1n) is 7.65. The van der Waals surface area contributed by atoms with Crippen molar-refractivity contribution < 1.29 is 4.79 Å². The third-order valence-electron chi connectivity index (χ3n) is 3.94. The Morgan fingerprint density at radius 3 is 2.64 bits per heavy atom. The zero-order valence-corrected chi connectivity index (χ0v) is 15.5. The fourth-order valence-electron chi connectivity index (χ4n) is 2.72. The largest absolute Gasteiger partial charge is 0.320 e. The number of halogens is 2. The summed E-state index contributed by atoms with van der Waals surface area (Å²) in [6, 6.07) is 17.4. The van der Waals surface area contributed by atoms with Crippen molar-refractivity contribution in [1.29, 1.82) is 5.26 Å². The number of nitriles is 1. The van der Waals surface area contributed by atoms with Crippen LogP contribution < -0.4 is 5.32 Å². The van der Waals surface area contributed by atoms with Gasteiger partial charge >= 0.3 is 0 Å². The van der Waals surface area contributed by atoms with Crippen molar-refractivity contribution in [3.8, 4) is 6.07 Å². The molecule has 0 fully saturated rings. The highest BCUT2D eigenvalue weighted by molar-refractivity contribution is 8.02. The van der Waals surface area contributed by atoms with Gasteiger partial charge in [-0.25, -0.2) is 0 Å². The first kappa shape index (κ1) is 17.9. The molecule has 1 aliphatic heterocycles. The summed E-state index contributed by atoms with van der Waals surface area (Å²) in [6.45, 7) is 0. The Balaban J connectivity index is 1.94. The van der Waals surface area contributed by atoms with E-state index >= 15 is 0 Å². The molecular weight excluding hydrogens is 375 g/mol. The summed E-state index contributed by atoms with van der Waals surface area (Å²) in [5, 5.41) is 13.9. The van der Waals surface area contributed by atoms with Gasteiger partial charge in [-0.05, 0) is 17.2 Å². The molecule has 3 nitrogen and oxygen atoms in total. The minimum absolute atomic E-state index is 0.129. The molecule has 1 N–H and O–H groups in total. The summed E-state index contributed by atoms with van der Waals surface area (Å²) < 4.78 is 0. The number of thioether (sulfide) groups is 1. The second kappa shape index (κ2) is 7.97. The van der Waals surface area contributed by atoms with Crippen LogP contribution in [0.1, 0.15) is 23.5 Å². The minimum atomic E-state index is -0.386. The SMILES string of the molecule is N#CC1=C(SCc2ccccc2)NC(=O)C[C@@H]1c1cccc(Cl)c1Cl. The fourth-order valence-corrected chi connectivity index (χ4v) is 4.19. The summed E-state index contributed by atoms with van der Waals surface area (Å²) in [5.41, 5.74) is 2.34. The molecule has 0 radical (unpaired) electrons. The van der Waals surface area contributed by atoms with E-state index in [1.807, 2.05) is 36.4 Å². The van der Waals surface area contributed by atoms with Crippen LogP contribution in [0.3, 0.4) is 0 Å². The lowest BCUT2D eigenvalue weighted by atomic mass is 9.87. The quantitative estimate of drug-likeness (QED) is 0.776. The molecule has 0 unspecified atom stereocenters. The molecule has 0 saturated carbocycles. The highest BCUT2D eigenvalue weighted by Crippen LogP contribution is 2.41. The molecule has 1 heterocycles. The molecule has 25 heavy (non-hydrogen) atoms. The van der Waals surface area contributed by atoms with Gasteiger partial charge in [0, 0.05) is 18.1 Å². The molecule has 2 aromatic carbocycles. The Morgan fingerprint density at radius 2 is 1.92 bits per heavy atom. The van der Waals surface area contributed by atoms with Crippen LogP contribution in [0, 0.1) is 11.3 Å². The Hall–Kier alpha value is -1.93. The van der Waals surface area contributed by atoms with Crippen LogP contribution >= 0.6 is 35.0 Å². The van der Waals surface area contributed by atoms with E-state index in [-0.39, 0.29) is 18.2 Å². The molecule has 0 saturated heterocycles. The highest BCUT2D eigenvalue weighted by atomic mass is 35.5. The molecule has 1 aliphatic rings. The van der Waals surface area contributed by atoms with Crippen LogP contribution in [0.15, 0.2) is 59.1 Å². The van der Waals surface area contributed by atoms with Gasteiger partial charge in [0.05, 0.1) is 26.7 Å². The van der Waals surface area contributed by atoms with Crippen LogP contribution in [0.2, 0.25) is 10.0 Å². The number of rotatable bonds is 4. The second-order valence-corrected chi connectivity index (χ2v) is 7.35. The minimum Gasteiger partial charge on any atom is -0.320 e. The number of hydrogen-bond acceptors (Lipinski definition) is 3. The van der Waals surface area contributed by atoms with Gasteiger partial charge in [-0.1, -0.05) is 65.7 Å². The molecule has 3 rings (SSSR count). The van der Waals surface area contributed by atoms with Gasteiger partial charge in [-0.3, -0.25) is 4.79 Å². The van der Waals surface area contributed by atoms with E-state index in [4.69, 9.17) is 23.2 Å². The van der Waals surface area contributed by atoms with Crippen molar-refractivity contribution in [2.24, 2.45) is 0 Å². The second-order valence-electron chi connectivity index (χ2n) is 5.58. The normalized spacial score (nSPS) is 17.2. The lowest BCUT2D eigenvalue weighted by molar-refractivity contribution is -0.120. The Bertz CT molecular complexity index is 875. The van der Waals surface area contributed by atoms with Crippen LogP contribution in [0.5, 0.6) is 0 Å². The number of carbonyl (C=O) groups excluding carboxylic acids is 1. The fraction of sp³-hybridized carbons (Fsp3) is 0.158. The molecule has 1 amide bonds. The maximum atomic E-state index is 12.2. The standard InChI is InChI=1S/C19H14Cl2N2OS/c20-16-8-4-7-13(18(16)21)14-9-17(24)23-19(15(14)10-22)25-11-12-5-2-1-3-6-12/h1-8,14H,9,11H2,(H,23,24)/t14-/m1/s1. The monoisotopic (exact) mass is 388 g/mol. The lowest BCUT2D eigenvalue weighted by Crippen LogP contribution is -2.31. The number of nitrogens with one attached hydrogen (secondary N) is 1. The summed E-state index contributed by atoms with van der Waals surface area (Å²) >= 11 is 13.9. The van der Waals surface area contributed by atoms with E-state index < -0.39 is 0 Å². The van der Waals surface area contributed by atoms with Crippen molar-refractivity contribution in [2.75, 3.05) is 0 Å². The van der Waals surface area contributed by atoms with Gasteiger partial charge in [0.1, 0.15) is 0 Å². The van der Waals surface area contributed by atoms with Crippen LogP contribution in [-0.2, 0) is 10.5 Å². The van der Waals surface area contributed by atoms with Gasteiger partial charge in [0.15, 0.2) is 0 Å². The molecule has 0 bridgehead atoms. The van der Waals surface area contributed by atoms with Gasteiger partial charge in [-0.2, -0.15) is 5.26 Å². The average Bonchev–Trinajstić information content (AvgIpc) is 2.62. The first-order valence-corrected chi connectivity index (χ1v) is 9.39. The highest BCUT2D eigenvalue weighted by Gasteiger charge is 2.31. The predicted molar refractivity (Wildman–Crippen MR) is 102 cm³/mol. The van der Waals surface area contributed by atoms with E-state index in [0.717, 1.165) is 5.56 Å². The maximum Gasteiger partial charge on any atom is 0.225 e. The number of nitrogens with zero attached hydrogens (tertiary/aromatic N) is 1. The molecular formula is C19H14Cl2N2OS. The van der Waals surface area contributed by atoms with E-state index in [1.54, 1.807) is 12.1 Å². The van der Waals surface area contributed by atoms with Crippen LogP contribution in [0.4, 0.5) is 0 Å². The molecule has 0 aromatic heterocycles. The van der Waals surface area contributed by atoms with Crippen LogP contribution in [-0.4, -0.2) is 5.91 Å². The molecule has 6 heteroatoms. The summed E-state index contributed by atoms with van der Waals surface area (Å²) in [4.78, 5) is 12.2. The van der Waals surface area contributed by atoms with Crippen molar-refractivity contribution in [1.82, 2.24) is 5.32 Å². The smallest absolute Gasteiger partial charge is 0.225 e. The van der Waals surface area contributed by atoms with Crippen molar-refractivity contribution in [3.63, 3.8) is 0 Å². The molecule has 0 spiro atoms. The predicted octanol–water partition coefficient (Wildman–Crippen LogP) is 5.27. The van der Waals surface area contributed by atoms with E-state index in [1.165, 1.54) is 11.8 Å². The zero-order chi connectivity index (χ0) is 17.8. The van der Waals surface area contributed by atoms with Gasteiger partial charge in [0.2, 0.25) is 5.91 Å². The summed E-state index contributed by atoms with van der Waals surface area (Å²) in [6.07, 6.45) is 0.179. The number of allylic oxidation sites excluding steroid dienone is 1. The number of amides is 1. The Labute approximate surface area is 160 Å². The Kier molecular flexibility index (Phi) is 5.70. The van der Waals surface area contributed by atoms with Gasteiger partial charge in [-0.15, -0.1) is 11.8 Å². The Morgan fingerprint density at radius 1 is 1.16 bits per heavy atom. The van der Waals surface area contributed by atoms with Gasteiger partial charge in [0.25, 0.3) is 0 Å². The average molecular weight is 389 g/mol. The van der Waals surface area contributed by atoms with E-state index in [0.29, 0.717) is 32.0 Å². The maximum absolute atomic E-state index is 12.2. The number of benzene rings is 2. The topological polar surface area (TPSA) is 52.9 Å². The van der Waals surface area contributed by atoms with Gasteiger partial charge < -0.3 is 5.32 Å². The molecule has 126 valence electrons. The van der Waals surface area contributed by atoms with Crippen molar-refractivity contribution >= 4 is 40.9 Å². The zero-order valence-electron chi connectivity index (χ0n) is 13.1. The van der Waals surface area contributed by atoms with E-state index in [9.17, 15) is 10.1 Å². The molecule has 2 aromatic rings. The van der Waals surface area contributed by atoms with Crippen molar-refractivity contribution in [2.45, 2.75) is 18.1 Å². The number of carbonyl (C=O) groups is 1. The van der Waals surface area contributed by atoms with Crippen molar-refractivity contribution in [3.05, 3.63) is 80.3 Å². The first-order chi connectivity index (χ1) is 12.1. The summed E-state index contributed by atoms with van der Waals surface area (Å²) in [5.74, 6) is 0.149.